The molecule has 2 aromatic rings. The van der Waals surface area contributed by atoms with Crippen LogP contribution in [0.25, 0.3) is 0 Å². The van der Waals surface area contributed by atoms with Gasteiger partial charge in [0.2, 0.25) is 10.0 Å². The summed E-state index contributed by atoms with van der Waals surface area (Å²) in [7, 11) is -3.63. The van der Waals surface area contributed by atoms with Crippen LogP contribution in [0, 0.1) is 0 Å². The summed E-state index contributed by atoms with van der Waals surface area (Å²) in [6.45, 7) is 1.29. The molecule has 0 unspecified atom stereocenters. The summed E-state index contributed by atoms with van der Waals surface area (Å²) in [4.78, 5) is 14.8. The van der Waals surface area contributed by atoms with Crippen molar-refractivity contribution in [3.8, 4) is 0 Å². The molecule has 5 nitrogen and oxygen atoms in total. The average Bonchev–Trinajstić information content (AvgIpc) is 3.09. The number of hydrogen-bond acceptors (Lipinski definition) is 4. The summed E-state index contributed by atoms with van der Waals surface area (Å²) in [5.41, 5.74) is 0. The van der Waals surface area contributed by atoms with Crippen molar-refractivity contribution < 1.29 is 13.2 Å². The van der Waals surface area contributed by atoms with Crippen LogP contribution in [-0.4, -0.2) is 49.7 Å². The summed E-state index contributed by atoms with van der Waals surface area (Å²) < 4.78 is 26.7. The van der Waals surface area contributed by atoms with E-state index in [4.69, 9.17) is 11.6 Å². The second-order valence-corrected chi connectivity index (χ2v) is 8.37. The minimum Gasteiger partial charge on any atom is -0.335 e. The van der Waals surface area contributed by atoms with Crippen molar-refractivity contribution in [3.63, 3.8) is 0 Å². The van der Waals surface area contributed by atoms with E-state index in [1.165, 1.54) is 21.7 Å². The van der Waals surface area contributed by atoms with Gasteiger partial charge in [-0.3, -0.25) is 4.79 Å². The van der Waals surface area contributed by atoms with E-state index in [9.17, 15) is 13.2 Å². The summed E-state index contributed by atoms with van der Waals surface area (Å²) in [6.07, 6.45) is 0. The average molecular weight is 371 g/mol. The van der Waals surface area contributed by atoms with E-state index in [-0.39, 0.29) is 28.9 Å². The highest BCUT2D eigenvalue weighted by atomic mass is 35.5. The molecule has 0 saturated carbocycles. The molecule has 0 spiro atoms. The van der Waals surface area contributed by atoms with E-state index < -0.39 is 10.0 Å². The highest BCUT2D eigenvalue weighted by Crippen LogP contribution is 2.25. The Balaban J connectivity index is 1.72. The van der Waals surface area contributed by atoms with E-state index in [0.29, 0.717) is 18.0 Å². The zero-order chi connectivity index (χ0) is 16.4. The molecule has 122 valence electrons. The SMILES string of the molecule is O=C(c1cccs1)N1CCN(S(=O)(=O)c2ccccc2Cl)CC1. The normalized spacial score (nSPS) is 16.5. The number of piperazine rings is 1. The maximum Gasteiger partial charge on any atom is 0.264 e. The number of benzene rings is 1. The largest absolute Gasteiger partial charge is 0.335 e. The highest BCUT2D eigenvalue weighted by molar-refractivity contribution is 7.89. The Morgan fingerprint density at radius 3 is 2.35 bits per heavy atom. The molecule has 1 fully saturated rings. The van der Waals surface area contributed by atoms with Crippen LogP contribution in [-0.2, 0) is 10.0 Å². The summed E-state index contributed by atoms with van der Waals surface area (Å²) >= 11 is 7.40. The van der Waals surface area contributed by atoms with Crippen LogP contribution in [0.5, 0.6) is 0 Å². The second kappa shape index (κ2) is 6.60. The monoisotopic (exact) mass is 370 g/mol. The zero-order valence-corrected chi connectivity index (χ0v) is 14.6. The van der Waals surface area contributed by atoms with Crippen molar-refractivity contribution in [1.29, 1.82) is 0 Å². The quantitative estimate of drug-likeness (QED) is 0.834. The summed E-state index contributed by atoms with van der Waals surface area (Å²) in [5, 5.41) is 2.07. The molecule has 1 aromatic carbocycles. The van der Waals surface area contributed by atoms with Crippen LogP contribution in [0.4, 0.5) is 0 Å². The molecule has 1 aliphatic heterocycles. The standard InChI is InChI=1S/C15H15ClN2O3S2/c16-12-4-1-2-6-14(12)23(20,21)18-9-7-17(8-10-18)15(19)13-5-3-11-22-13/h1-6,11H,7-10H2. The molecular weight excluding hydrogens is 356 g/mol. The third kappa shape index (κ3) is 3.28. The van der Waals surface area contributed by atoms with Crippen molar-refractivity contribution in [2.45, 2.75) is 4.90 Å². The van der Waals surface area contributed by atoms with Crippen molar-refractivity contribution in [1.82, 2.24) is 9.21 Å². The first-order chi connectivity index (χ1) is 11.0. The third-order valence-electron chi connectivity index (χ3n) is 3.71. The number of hydrogen-bond donors (Lipinski definition) is 0. The molecule has 0 bridgehead atoms. The fourth-order valence-electron chi connectivity index (χ4n) is 2.48. The van der Waals surface area contributed by atoms with Gasteiger partial charge in [0.1, 0.15) is 4.90 Å². The Hall–Kier alpha value is -1.41. The second-order valence-electron chi connectivity index (χ2n) is 5.10. The molecule has 0 atom stereocenters. The van der Waals surface area contributed by atoms with E-state index in [2.05, 4.69) is 0 Å². The van der Waals surface area contributed by atoms with Gasteiger partial charge < -0.3 is 4.90 Å². The number of thiophene rings is 1. The van der Waals surface area contributed by atoms with Crippen molar-refractivity contribution >= 4 is 38.9 Å². The minimum absolute atomic E-state index is 0.0465. The van der Waals surface area contributed by atoms with Gasteiger partial charge in [-0.1, -0.05) is 29.8 Å². The number of sulfonamides is 1. The van der Waals surface area contributed by atoms with Gasteiger partial charge in [-0.2, -0.15) is 4.31 Å². The van der Waals surface area contributed by atoms with E-state index >= 15 is 0 Å². The van der Waals surface area contributed by atoms with E-state index in [1.807, 2.05) is 11.4 Å². The van der Waals surface area contributed by atoms with Crippen molar-refractivity contribution in [2.24, 2.45) is 0 Å². The van der Waals surface area contributed by atoms with Crippen molar-refractivity contribution in [2.75, 3.05) is 26.2 Å². The Bertz CT molecular complexity index is 798. The van der Waals surface area contributed by atoms with Gasteiger partial charge >= 0.3 is 0 Å². The molecule has 1 saturated heterocycles. The predicted molar refractivity (Wildman–Crippen MR) is 90.4 cm³/mol. The maximum atomic E-state index is 12.7. The summed E-state index contributed by atoms with van der Waals surface area (Å²) in [5.74, 6) is -0.0465. The number of rotatable bonds is 3. The van der Waals surface area contributed by atoms with Gasteiger partial charge in [0, 0.05) is 26.2 Å². The zero-order valence-electron chi connectivity index (χ0n) is 12.2. The van der Waals surface area contributed by atoms with Crippen LogP contribution in [0.2, 0.25) is 5.02 Å². The van der Waals surface area contributed by atoms with Gasteiger partial charge in [-0.25, -0.2) is 8.42 Å². The van der Waals surface area contributed by atoms with E-state index in [1.54, 1.807) is 29.2 Å². The first-order valence-electron chi connectivity index (χ1n) is 7.07. The van der Waals surface area contributed by atoms with Gasteiger partial charge in [-0.05, 0) is 23.6 Å². The van der Waals surface area contributed by atoms with Gasteiger partial charge in [-0.15, -0.1) is 11.3 Å². The Labute approximate surface area is 144 Å². The molecule has 0 radical (unpaired) electrons. The fraction of sp³-hybridized carbons (Fsp3) is 0.267. The van der Waals surface area contributed by atoms with Crippen LogP contribution in [0.3, 0.4) is 0 Å². The molecule has 1 aliphatic rings. The number of halogens is 1. The third-order valence-corrected chi connectivity index (χ3v) is 6.97. The number of carbonyl (C=O) groups excluding carboxylic acids is 1. The molecule has 0 aliphatic carbocycles. The molecule has 0 N–H and O–H groups in total. The first-order valence-corrected chi connectivity index (χ1v) is 9.77. The van der Waals surface area contributed by atoms with Crippen LogP contribution < -0.4 is 0 Å². The number of carbonyl (C=O) groups is 1. The lowest BCUT2D eigenvalue weighted by Gasteiger charge is -2.33. The van der Waals surface area contributed by atoms with Gasteiger partial charge in [0.05, 0.1) is 9.90 Å². The van der Waals surface area contributed by atoms with Gasteiger partial charge in [0.25, 0.3) is 5.91 Å². The maximum absolute atomic E-state index is 12.7. The summed E-state index contributed by atoms with van der Waals surface area (Å²) in [6, 6.07) is 10.0. The lowest BCUT2D eigenvalue weighted by Crippen LogP contribution is -2.50. The fourth-order valence-corrected chi connectivity index (χ4v) is 5.09. The topological polar surface area (TPSA) is 57.7 Å². The van der Waals surface area contributed by atoms with Gasteiger partial charge in [0.15, 0.2) is 0 Å². The Morgan fingerprint density at radius 2 is 1.74 bits per heavy atom. The number of amides is 1. The molecule has 8 heteroatoms. The molecule has 23 heavy (non-hydrogen) atoms. The lowest BCUT2D eigenvalue weighted by atomic mass is 10.3. The molecule has 1 amide bonds. The van der Waals surface area contributed by atoms with Crippen LogP contribution >= 0.6 is 22.9 Å². The Morgan fingerprint density at radius 1 is 1.04 bits per heavy atom. The molecule has 3 rings (SSSR count). The van der Waals surface area contributed by atoms with E-state index in [0.717, 1.165) is 0 Å². The molecule has 2 heterocycles. The first kappa shape index (κ1) is 16.4. The molecule has 1 aromatic heterocycles. The Kier molecular flexibility index (Phi) is 4.72. The predicted octanol–water partition coefficient (Wildman–Crippen LogP) is 2.55. The lowest BCUT2D eigenvalue weighted by molar-refractivity contribution is 0.0703. The number of nitrogens with zero attached hydrogens (tertiary/aromatic N) is 2. The highest BCUT2D eigenvalue weighted by Gasteiger charge is 2.31. The van der Waals surface area contributed by atoms with Crippen molar-refractivity contribution in [3.05, 3.63) is 51.7 Å². The minimum atomic E-state index is -3.63. The van der Waals surface area contributed by atoms with Crippen LogP contribution in [0.15, 0.2) is 46.7 Å². The molecular formula is C15H15ClN2O3S2. The smallest absolute Gasteiger partial charge is 0.264 e. The van der Waals surface area contributed by atoms with Crippen LogP contribution in [0.1, 0.15) is 9.67 Å².